The summed E-state index contributed by atoms with van der Waals surface area (Å²) >= 11 is 1.56. The molecule has 2 aromatic heterocycles. The average molecular weight is 358 g/mol. The predicted octanol–water partition coefficient (Wildman–Crippen LogP) is 3.29. The van der Waals surface area contributed by atoms with Gasteiger partial charge >= 0.3 is 0 Å². The Bertz CT molecular complexity index is 885. The zero-order chi connectivity index (χ0) is 18.0. The van der Waals surface area contributed by atoms with Crippen molar-refractivity contribution >= 4 is 17.2 Å². The van der Waals surface area contributed by atoms with Crippen LogP contribution in [0.15, 0.2) is 36.7 Å². The lowest BCUT2D eigenvalue weighted by Gasteiger charge is -2.15. The van der Waals surface area contributed by atoms with Crippen LogP contribution >= 0.6 is 11.3 Å². The lowest BCUT2D eigenvalue weighted by Crippen LogP contribution is -2.27. The van der Waals surface area contributed by atoms with E-state index in [2.05, 4.69) is 10.1 Å². The molecular formula is C18H19FN4OS. The van der Waals surface area contributed by atoms with Crippen LogP contribution in [-0.4, -0.2) is 32.6 Å². The Morgan fingerprint density at radius 3 is 2.64 bits per heavy atom. The van der Waals surface area contributed by atoms with Crippen LogP contribution in [0.2, 0.25) is 0 Å². The lowest BCUT2D eigenvalue weighted by molar-refractivity contribution is -0.129. The summed E-state index contributed by atoms with van der Waals surface area (Å²) in [7, 11) is 1.78. The van der Waals surface area contributed by atoms with Gasteiger partial charge in [0.05, 0.1) is 29.0 Å². The van der Waals surface area contributed by atoms with Gasteiger partial charge in [0, 0.05) is 30.2 Å². The van der Waals surface area contributed by atoms with Gasteiger partial charge < -0.3 is 4.90 Å². The third-order valence-corrected chi connectivity index (χ3v) is 4.96. The number of rotatable bonds is 5. The molecule has 0 atom stereocenters. The molecule has 0 saturated carbocycles. The first kappa shape index (κ1) is 17.3. The largest absolute Gasteiger partial charge is 0.341 e. The SMILES string of the molecule is Cc1nc(C)c(CC(=O)N(C)Cc2cnn(-c3ccc(F)cc3)c2)s1. The summed E-state index contributed by atoms with van der Waals surface area (Å²) in [4.78, 5) is 19.5. The molecule has 1 amide bonds. The molecule has 3 rings (SSSR count). The van der Waals surface area contributed by atoms with E-state index in [1.54, 1.807) is 46.3 Å². The number of likely N-dealkylation sites (N-methyl/N-ethyl adjacent to an activating group) is 1. The van der Waals surface area contributed by atoms with Crippen LogP contribution in [0.3, 0.4) is 0 Å². The van der Waals surface area contributed by atoms with E-state index in [1.165, 1.54) is 12.1 Å². The van der Waals surface area contributed by atoms with Gasteiger partial charge in [0.2, 0.25) is 5.91 Å². The van der Waals surface area contributed by atoms with Crippen molar-refractivity contribution in [2.24, 2.45) is 0 Å². The van der Waals surface area contributed by atoms with Gasteiger partial charge in [0.25, 0.3) is 0 Å². The van der Waals surface area contributed by atoms with Gasteiger partial charge in [-0.15, -0.1) is 11.3 Å². The number of aromatic nitrogens is 3. The van der Waals surface area contributed by atoms with Gasteiger partial charge in [-0.1, -0.05) is 0 Å². The van der Waals surface area contributed by atoms with Crippen molar-refractivity contribution in [1.29, 1.82) is 0 Å². The van der Waals surface area contributed by atoms with E-state index in [1.807, 2.05) is 20.0 Å². The molecule has 0 spiro atoms. The third kappa shape index (κ3) is 4.11. The number of hydrogen-bond acceptors (Lipinski definition) is 4. The summed E-state index contributed by atoms with van der Waals surface area (Å²) in [5, 5.41) is 5.25. The second-order valence-electron chi connectivity index (χ2n) is 5.94. The molecule has 0 unspecified atom stereocenters. The molecule has 0 aliphatic rings. The van der Waals surface area contributed by atoms with E-state index in [4.69, 9.17) is 0 Å². The van der Waals surface area contributed by atoms with E-state index in [0.717, 1.165) is 26.8 Å². The fourth-order valence-corrected chi connectivity index (χ4v) is 3.48. The summed E-state index contributed by atoms with van der Waals surface area (Å²) in [6.07, 6.45) is 3.92. The van der Waals surface area contributed by atoms with Crippen molar-refractivity contribution in [3.63, 3.8) is 0 Å². The number of carbonyl (C=O) groups is 1. The fourth-order valence-electron chi connectivity index (χ4n) is 2.55. The Hall–Kier alpha value is -2.54. The molecule has 5 nitrogen and oxygen atoms in total. The third-order valence-electron chi connectivity index (χ3n) is 3.88. The van der Waals surface area contributed by atoms with Gasteiger partial charge in [-0.25, -0.2) is 14.1 Å². The quantitative estimate of drug-likeness (QED) is 0.703. The number of hydrogen-bond donors (Lipinski definition) is 0. The summed E-state index contributed by atoms with van der Waals surface area (Å²) in [5.41, 5.74) is 2.61. The summed E-state index contributed by atoms with van der Waals surface area (Å²) in [6, 6.07) is 6.11. The molecule has 0 fully saturated rings. The van der Waals surface area contributed by atoms with Crippen molar-refractivity contribution < 1.29 is 9.18 Å². The first-order valence-electron chi connectivity index (χ1n) is 7.88. The molecule has 3 aromatic rings. The van der Waals surface area contributed by atoms with Gasteiger partial charge in [-0.05, 0) is 38.1 Å². The minimum atomic E-state index is -0.282. The smallest absolute Gasteiger partial charge is 0.227 e. The fraction of sp³-hybridized carbons (Fsp3) is 0.278. The molecule has 0 saturated heterocycles. The molecule has 0 radical (unpaired) electrons. The van der Waals surface area contributed by atoms with Crippen molar-refractivity contribution in [1.82, 2.24) is 19.7 Å². The maximum absolute atomic E-state index is 13.0. The van der Waals surface area contributed by atoms with Crippen LogP contribution in [0.25, 0.3) is 5.69 Å². The Morgan fingerprint density at radius 1 is 1.28 bits per heavy atom. The number of carbonyl (C=O) groups excluding carboxylic acids is 1. The molecule has 0 bridgehead atoms. The van der Waals surface area contributed by atoms with Crippen LogP contribution in [0, 0.1) is 19.7 Å². The number of thiazole rings is 1. The summed E-state index contributed by atoms with van der Waals surface area (Å²) in [6.45, 7) is 4.34. The summed E-state index contributed by atoms with van der Waals surface area (Å²) < 4.78 is 14.7. The molecule has 7 heteroatoms. The number of aryl methyl sites for hydroxylation is 2. The molecule has 2 heterocycles. The van der Waals surface area contributed by atoms with Gasteiger partial charge in [0.15, 0.2) is 0 Å². The van der Waals surface area contributed by atoms with Crippen LogP contribution < -0.4 is 0 Å². The molecule has 1 aromatic carbocycles. The average Bonchev–Trinajstić information content (AvgIpc) is 3.14. The first-order valence-corrected chi connectivity index (χ1v) is 8.70. The van der Waals surface area contributed by atoms with E-state index >= 15 is 0 Å². The standard InChI is InChI=1S/C18H19FN4OS/c1-12-17(25-13(2)21-12)8-18(24)22(3)10-14-9-20-23(11-14)16-6-4-15(19)5-7-16/h4-7,9,11H,8,10H2,1-3H3. The zero-order valence-electron chi connectivity index (χ0n) is 14.4. The topological polar surface area (TPSA) is 51.0 Å². The van der Waals surface area contributed by atoms with Crippen LogP contribution in [0.1, 0.15) is 21.1 Å². The van der Waals surface area contributed by atoms with Crippen molar-refractivity contribution in [2.45, 2.75) is 26.8 Å². The highest BCUT2D eigenvalue weighted by molar-refractivity contribution is 7.11. The Labute approximate surface area is 149 Å². The number of amides is 1. The minimum Gasteiger partial charge on any atom is -0.341 e. The highest BCUT2D eigenvalue weighted by atomic mass is 32.1. The number of halogens is 1. The Morgan fingerprint density at radius 2 is 2.00 bits per heavy atom. The maximum Gasteiger partial charge on any atom is 0.227 e. The second-order valence-corrected chi connectivity index (χ2v) is 7.23. The zero-order valence-corrected chi connectivity index (χ0v) is 15.2. The number of nitrogens with zero attached hydrogens (tertiary/aromatic N) is 4. The predicted molar refractivity (Wildman–Crippen MR) is 95.3 cm³/mol. The molecule has 0 aliphatic carbocycles. The van der Waals surface area contributed by atoms with Crippen LogP contribution in [0.4, 0.5) is 4.39 Å². The number of benzene rings is 1. The molecular weight excluding hydrogens is 339 g/mol. The maximum atomic E-state index is 13.0. The molecule has 130 valence electrons. The summed E-state index contributed by atoms with van der Waals surface area (Å²) in [5.74, 6) is -0.240. The Kier molecular flexibility index (Phi) is 4.94. The second kappa shape index (κ2) is 7.14. The van der Waals surface area contributed by atoms with Crippen molar-refractivity contribution in [3.8, 4) is 5.69 Å². The van der Waals surface area contributed by atoms with E-state index in [9.17, 15) is 9.18 Å². The Balaban J connectivity index is 1.64. The van der Waals surface area contributed by atoms with Crippen LogP contribution in [-0.2, 0) is 17.8 Å². The molecule has 25 heavy (non-hydrogen) atoms. The highest BCUT2D eigenvalue weighted by Gasteiger charge is 2.15. The lowest BCUT2D eigenvalue weighted by atomic mass is 10.2. The highest BCUT2D eigenvalue weighted by Crippen LogP contribution is 2.19. The monoisotopic (exact) mass is 358 g/mol. The van der Waals surface area contributed by atoms with E-state index in [0.29, 0.717) is 13.0 Å². The van der Waals surface area contributed by atoms with Crippen molar-refractivity contribution in [3.05, 3.63) is 63.6 Å². The van der Waals surface area contributed by atoms with Gasteiger partial charge in [0.1, 0.15) is 5.82 Å². The first-order chi connectivity index (χ1) is 11.9. The van der Waals surface area contributed by atoms with Crippen molar-refractivity contribution in [2.75, 3.05) is 7.05 Å². The van der Waals surface area contributed by atoms with E-state index in [-0.39, 0.29) is 11.7 Å². The normalized spacial score (nSPS) is 10.9. The van der Waals surface area contributed by atoms with Gasteiger partial charge in [-0.2, -0.15) is 5.10 Å². The molecule has 0 N–H and O–H groups in total. The molecule has 0 aliphatic heterocycles. The minimum absolute atomic E-state index is 0.0429. The van der Waals surface area contributed by atoms with Gasteiger partial charge in [-0.3, -0.25) is 4.79 Å². The van der Waals surface area contributed by atoms with Crippen LogP contribution in [0.5, 0.6) is 0 Å². The van der Waals surface area contributed by atoms with E-state index < -0.39 is 0 Å².